The Kier molecular flexibility index (Phi) is 9.63. The average Bonchev–Trinajstić information content (AvgIpc) is 2.99. The molecule has 3 aromatic carbocycles. The van der Waals surface area contributed by atoms with E-state index in [-0.39, 0.29) is 11.8 Å². The number of aryl methyl sites for hydroxylation is 2. The molecule has 3 aromatic rings. The Balaban J connectivity index is 1.23. The van der Waals surface area contributed by atoms with Crippen LogP contribution in [0.2, 0.25) is 0 Å². The molecule has 0 aliphatic carbocycles. The molecule has 0 bridgehead atoms. The predicted molar refractivity (Wildman–Crippen MR) is 170 cm³/mol. The van der Waals surface area contributed by atoms with E-state index in [1.165, 1.54) is 55.1 Å². The maximum Gasteiger partial charge on any atom is 0.265 e. The number of fused-ring (bicyclic) bond motifs is 1. The minimum atomic E-state index is -0.0494. The van der Waals surface area contributed by atoms with E-state index in [0.717, 1.165) is 34.7 Å². The fourth-order valence-electron chi connectivity index (χ4n) is 5.85. The largest absolute Gasteiger partial charge is 0.352 e. The van der Waals surface area contributed by atoms with Crippen LogP contribution in [0.15, 0.2) is 76.5 Å². The first-order chi connectivity index (χ1) is 19.9. The standard InChI is InChI=1S/C35H41N3O2S/c1-4-30-10-7-8-20-37(30)21-9-19-36-34(39)28-17-15-27(16-18-28)23-33-35(40)38(31-11-5-6-12-32(31)41-33)24-29-22-25(2)13-14-26(29)3/h5-6,11-18,22-23,30H,4,7-10,19-21,24H2,1-3H3,(H,36,39)/b33-23-. The van der Waals surface area contributed by atoms with E-state index < -0.39 is 0 Å². The summed E-state index contributed by atoms with van der Waals surface area (Å²) in [5.74, 6) is -0.0536. The van der Waals surface area contributed by atoms with Crippen LogP contribution in [0.4, 0.5) is 5.69 Å². The van der Waals surface area contributed by atoms with Gasteiger partial charge in [0.15, 0.2) is 0 Å². The van der Waals surface area contributed by atoms with Gasteiger partial charge in [-0.05, 0) is 93.1 Å². The minimum Gasteiger partial charge on any atom is -0.352 e. The van der Waals surface area contributed by atoms with Crippen LogP contribution in [0.25, 0.3) is 6.08 Å². The Morgan fingerprint density at radius 2 is 1.85 bits per heavy atom. The SMILES string of the molecule is CCC1CCCCN1CCCNC(=O)c1ccc(/C=C2\Sc3ccccc3N(Cc3cc(C)ccc3C)C2=O)cc1. The lowest BCUT2D eigenvalue weighted by molar-refractivity contribution is -0.114. The van der Waals surface area contributed by atoms with Crippen LogP contribution in [0, 0.1) is 13.8 Å². The summed E-state index contributed by atoms with van der Waals surface area (Å²) in [5, 5.41) is 3.08. The molecular formula is C35H41N3O2S. The first-order valence-electron chi connectivity index (χ1n) is 14.9. The van der Waals surface area contributed by atoms with E-state index in [0.29, 0.717) is 29.6 Å². The van der Waals surface area contributed by atoms with Crippen molar-refractivity contribution in [3.8, 4) is 0 Å². The molecule has 2 heterocycles. The van der Waals surface area contributed by atoms with Gasteiger partial charge in [0.25, 0.3) is 11.8 Å². The number of nitrogens with one attached hydrogen (secondary N) is 1. The van der Waals surface area contributed by atoms with Gasteiger partial charge in [-0.1, -0.05) is 73.1 Å². The number of piperidine rings is 1. The Bertz CT molecular complexity index is 1420. The second kappa shape index (κ2) is 13.5. The molecule has 0 saturated carbocycles. The van der Waals surface area contributed by atoms with Gasteiger partial charge in [-0.25, -0.2) is 0 Å². The van der Waals surface area contributed by atoms with E-state index in [1.54, 1.807) is 0 Å². The van der Waals surface area contributed by atoms with Gasteiger partial charge in [0, 0.05) is 29.6 Å². The summed E-state index contributed by atoms with van der Waals surface area (Å²) >= 11 is 1.51. The number of benzene rings is 3. The Hall–Kier alpha value is -3.35. The summed E-state index contributed by atoms with van der Waals surface area (Å²) in [7, 11) is 0. The second-order valence-corrected chi connectivity index (χ2v) is 12.3. The quantitative estimate of drug-likeness (QED) is 0.217. The lowest BCUT2D eigenvalue weighted by Crippen LogP contribution is -2.40. The molecule has 1 atom stereocenters. The molecule has 2 aliphatic heterocycles. The van der Waals surface area contributed by atoms with Gasteiger partial charge < -0.3 is 15.1 Å². The van der Waals surface area contributed by atoms with Crippen LogP contribution in [-0.4, -0.2) is 42.4 Å². The van der Waals surface area contributed by atoms with Crippen LogP contribution >= 0.6 is 11.8 Å². The van der Waals surface area contributed by atoms with E-state index in [2.05, 4.69) is 55.3 Å². The highest BCUT2D eigenvalue weighted by Crippen LogP contribution is 2.42. The molecule has 5 nitrogen and oxygen atoms in total. The van der Waals surface area contributed by atoms with Crippen LogP contribution in [-0.2, 0) is 11.3 Å². The maximum atomic E-state index is 13.7. The number of likely N-dealkylation sites (tertiary alicyclic amines) is 1. The third-order valence-electron chi connectivity index (χ3n) is 8.26. The van der Waals surface area contributed by atoms with Crippen molar-refractivity contribution >= 4 is 35.3 Å². The number of nitrogens with zero attached hydrogens (tertiary/aromatic N) is 2. The lowest BCUT2D eigenvalue weighted by Gasteiger charge is -2.35. The molecule has 1 unspecified atom stereocenters. The third-order valence-corrected chi connectivity index (χ3v) is 9.34. The van der Waals surface area contributed by atoms with Crippen molar-refractivity contribution in [2.75, 3.05) is 24.5 Å². The molecule has 1 fully saturated rings. The Morgan fingerprint density at radius 1 is 1.05 bits per heavy atom. The molecule has 0 radical (unpaired) electrons. The molecule has 0 aromatic heterocycles. The summed E-state index contributed by atoms with van der Waals surface area (Å²) in [5.41, 5.74) is 5.99. The summed E-state index contributed by atoms with van der Waals surface area (Å²) < 4.78 is 0. The van der Waals surface area contributed by atoms with Gasteiger partial charge in [-0.15, -0.1) is 0 Å². The predicted octanol–water partition coefficient (Wildman–Crippen LogP) is 7.37. The summed E-state index contributed by atoms with van der Waals surface area (Å²) in [4.78, 5) is 32.7. The fourth-order valence-corrected chi connectivity index (χ4v) is 6.90. The first-order valence-corrected chi connectivity index (χ1v) is 15.7. The maximum absolute atomic E-state index is 13.7. The number of para-hydroxylation sites is 1. The van der Waals surface area contributed by atoms with Gasteiger partial charge in [0.05, 0.1) is 17.1 Å². The molecule has 0 spiro atoms. The van der Waals surface area contributed by atoms with Crippen molar-refractivity contribution in [2.45, 2.75) is 70.4 Å². The smallest absolute Gasteiger partial charge is 0.265 e. The van der Waals surface area contributed by atoms with E-state index >= 15 is 0 Å². The summed E-state index contributed by atoms with van der Waals surface area (Å²) in [6.45, 7) is 9.87. The Labute approximate surface area is 249 Å². The van der Waals surface area contributed by atoms with Crippen molar-refractivity contribution in [2.24, 2.45) is 0 Å². The van der Waals surface area contributed by atoms with Crippen molar-refractivity contribution in [1.29, 1.82) is 0 Å². The fraction of sp³-hybridized carbons (Fsp3) is 0.371. The van der Waals surface area contributed by atoms with Crippen LogP contribution < -0.4 is 10.2 Å². The molecule has 6 heteroatoms. The highest BCUT2D eigenvalue weighted by molar-refractivity contribution is 8.04. The average molecular weight is 568 g/mol. The molecule has 2 aliphatic rings. The van der Waals surface area contributed by atoms with Crippen molar-refractivity contribution in [3.63, 3.8) is 0 Å². The zero-order valence-electron chi connectivity index (χ0n) is 24.5. The van der Waals surface area contributed by atoms with Crippen LogP contribution in [0.1, 0.15) is 71.6 Å². The number of thioether (sulfide) groups is 1. The number of carbonyl (C=O) groups excluding carboxylic acids is 2. The highest BCUT2D eigenvalue weighted by Gasteiger charge is 2.29. The van der Waals surface area contributed by atoms with Crippen molar-refractivity contribution < 1.29 is 9.59 Å². The zero-order valence-corrected chi connectivity index (χ0v) is 25.3. The van der Waals surface area contributed by atoms with Gasteiger partial charge >= 0.3 is 0 Å². The molecule has 214 valence electrons. The molecular weight excluding hydrogens is 526 g/mol. The molecule has 41 heavy (non-hydrogen) atoms. The third kappa shape index (κ3) is 7.11. The minimum absolute atomic E-state index is 0.00422. The number of carbonyl (C=O) groups is 2. The molecule has 1 N–H and O–H groups in total. The van der Waals surface area contributed by atoms with Crippen molar-refractivity contribution in [3.05, 3.63) is 99.5 Å². The number of anilines is 1. The molecule has 1 saturated heterocycles. The summed E-state index contributed by atoms with van der Waals surface area (Å²) in [6.07, 6.45) is 8.02. The van der Waals surface area contributed by atoms with Crippen LogP contribution in [0.3, 0.4) is 0 Å². The zero-order chi connectivity index (χ0) is 28.8. The topological polar surface area (TPSA) is 52.7 Å². The molecule has 5 rings (SSSR count). The number of rotatable bonds is 9. The second-order valence-electron chi connectivity index (χ2n) is 11.2. The van der Waals surface area contributed by atoms with Gasteiger partial charge in [-0.3, -0.25) is 9.59 Å². The first kappa shape index (κ1) is 29.2. The highest BCUT2D eigenvalue weighted by atomic mass is 32.2. The monoisotopic (exact) mass is 567 g/mol. The van der Waals surface area contributed by atoms with E-state index in [4.69, 9.17) is 0 Å². The summed E-state index contributed by atoms with van der Waals surface area (Å²) in [6, 6.07) is 22.7. The molecule has 2 amide bonds. The van der Waals surface area contributed by atoms with Gasteiger partial charge in [0.2, 0.25) is 0 Å². The number of amides is 2. The number of hydrogen-bond acceptors (Lipinski definition) is 4. The normalized spacial score (nSPS) is 18.4. The Morgan fingerprint density at radius 3 is 2.66 bits per heavy atom. The lowest BCUT2D eigenvalue weighted by atomic mass is 10.00. The van der Waals surface area contributed by atoms with Gasteiger partial charge in [-0.2, -0.15) is 0 Å². The van der Waals surface area contributed by atoms with E-state index in [9.17, 15) is 9.59 Å². The van der Waals surface area contributed by atoms with Gasteiger partial charge in [0.1, 0.15) is 0 Å². The number of hydrogen-bond donors (Lipinski definition) is 1. The van der Waals surface area contributed by atoms with Crippen molar-refractivity contribution in [1.82, 2.24) is 10.2 Å². The van der Waals surface area contributed by atoms with E-state index in [1.807, 2.05) is 53.4 Å². The van der Waals surface area contributed by atoms with Crippen LogP contribution in [0.5, 0.6) is 0 Å².